The van der Waals surface area contributed by atoms with Crippen molar-refractivity contribution in [2.75, 3.05) is 19.6 Å². The number of halogens is 1. The Bertz CT molecular complexity index is 505. The van der Waals surface area contributed by atoms with E-state index in [9.17, 15) is 9.18 Å². The minimum atomic E-state index is -0.252. The molecule has 0 saturated carbocycles. The number of nitrogens with zero attached hydrogens (tertiary/aromatic N) is 1. The van der Waals surface area contributed by atoms with E-state index in [4.69, 9.17) is 0 Å². The number of amides is 1. The first-order valence-electron chi connectivity index (χ1n) is 7.68. The molecule has 1 amide bonds. The number of piperidine rings is 1. The number of rotatable bonds is 2. The average Bonchev–Trinajstić information content (AvgIpc) is 2.96. The lowest BCUT2D eigenvalue weighted by Crippen LogP contribution is -2.44. The van der Waals surface area contributed by atoms with E-state index in [-0.39, 0.29) is 23.7 Å². The third-order valence-corrected chi connectivity index (χ3v) is 4.50. The van der Waals surface area contributed by atoms with Gasteiger partial charge in [0.25, 0.3) is 0 Å². The normalized spacial score (nSPS) is 29.6. The Morgan fingerprint density at radius 3 is 2.81 bits per heavy atom. The monoisotopic (exact) mass is 291 g/mol. The summed E-state index contributed by atoms with van der Waals surface area (Å²) in [5, 5.41) is 0. The Morgan fingerprint density at radius 1 is 1.33 bits per heavy atom. The van der Waals surface area contributed by atoms with E-state index in [1.165, 1.54) is 18.6 Å². The van der Waals surface area contributed by atoms with E-state index in [1.807, 2.05) is 4.90 Å². The maximum Gasteiger partial charge on any atom is 0.229 e. The van der Waals surface area contributed by atoms with E-state index >= 15 is 0 Å². The highest BCUT2D eigenvalue weighted by Crippen LogP contribution is 2.28. The number of nitrogens with one attached hydrogen (secondary N) is 2. The average molecular weight is 291 g/mol. The van der Waals surface area contributed by atoms with Gasteiger partial charge in [-0.3, -0.25) is 10.2 Å². The molecule has 2 saturated heterocycles. The first kappa shape index (κ1) is 14.5. The molecule has 0 aromatic heterocycles. The topological polar surface area (TPSA) is 44.4 Å². The fraction of sp³-hybridized carbons (Fsp3) is 0.562. The fourth-order valence-electron chi connectivity index (χ4n) is 3.34. The quantitative estimate of drug-likeness (QED) is 0.874. The van der Waals surface area contributed by atoms with Crippen molar-refractivity contribution in [2.24, 2.45) is 11.8 Å². The van der Waals surface area contributed by atoms with Gasteiger partial charge < -0.3 is 4.90 Å². The molecular formula is C16H22FN3O. The van der Waals surface area contributed by atoms with Crippen molar-refractivity contribution >= 4 is 5.91 Å². The summed E-state index contributed by atoms with van der Waals surface area (Å²) in [5.41, 5.74) is 7.18. The van der Waals surface area contributed by atoms with Crippen LogP contribution in [-0.4, -0.2) is 30.4 Å². The lowest BCUT2D eigenvalue weighted by molar-refractivity contribution is -0.137. The van der Waals surface area contributed by atoms with Crippen molar-refractivity contribution in [1.29, 1.82) is 0 Å². The second-order valence-corrected chi connectivity index (χ2v) is 6.19. The van der Waals surface area contributed by atoms with Gasteiger partial charge in [-0.1, -0.05) is 19.1 Å². The number of hydrazine groups is 1. The molecule has 3 rings (SSSR count). The van der Waals surface area contributed by atoms with Crippen LogP contribution in [0.15, 0.2) is 24.3 Å². The molecule has 114 valence electrons. The molecule has 0 bridgehead atoms. The van der Waals surface area contributed by atoms with E-state index in [0.29, 0.717) is 12.5 Å². The number of benzene rings is 1. The number of likely N-dealkylation sites (tertiary alicyclic amines) is 1. The first-order valence-corrected chi connectivity index (χ1v) is 7.68. The van der Waals surface area contributed by atoms with Crippen LogP contribution < -0.4 is 10.9 Å². The molecule has 0 aliphatic carbocycles. The van der Waals surface area contributed by atoms with Crippen molar-refractivity contribution in [2.45, 2.75) is 25.8 Å². The Labute approximate surface area is 124 Å². The highest BCUT2D eigenvalue weighted by molar-refractivity contribution is 5.80. The van der Waals surface area contributed by atoms with Crippen molar-refractivity contribution in [3.05, 3.63) is 35.6 Å². The maximum absolute atomic E-state index is 13.1. The van der Waals surface area contributed by atoms with Crippen LogP contribution in [0.2, 0.25) is 0 Å². The summed E-state index contributed by atoms with van der Waals surface area (Å²) < 4.78 is 13.1. The molecule has 2 N–H and O–H groups in total. The largest absolute Gasteiger partial charge is 0.342 e. The van der Waals surface area contributed by atoms with Crippen LogP contribution >= 0.6 is 0 Å². The van der Waals surface area contributed by atoms with Gasteiger partial charge in [-0.05, 0) is 36.5 Å². The molecule has 1 aromatic carbocycles. The van der Waals surface area contributed by atoms with Gasteiger partial charge in [0, 0.05) is 19.6 Å². The molecule has 2 fully saturated rings. The summed E-state index contributed by atoms with van der Waals surface area (Å²) >= 11 is 0. The predicted octanol–water partition coefficient (Wildman–Crippen LogP) is 1.85. The number of carbonyl (C=O) groups excluding carboxylic acids is 1. The van der Waals surface area contributed by atoms with Crippen LogP contribution in [-0.2, 0) is 4.79 Å². The van der Waals surface area contributed by atoms with Gasteiger partial charge in [-0.15, -0.1) is 0 Å². The molecule has 3 atom stereocenters. The summed E-state index contributed by atoms with van der Waals surface area (Å²) in [7, 11) is 0. The highest BCUT2D eigenvalue weighted by atomic mass is 19.1. The van der Waals surface area contributed by atoms with Gasteiger partial charge in [0.2, 0.25) is 5.91 Å². The third kappa shape index (κ3) is 3.09. The Morgan fingerprint density at radius 2 is 2.10 bits per heavy atom. The van der Waals surface area contributed by atoms with Crippen LogP contribution in [0.1, 0.15) is 31.4 Å². The van der Waals surface area contributed by atoms with Crippen LogP contribution in [0.4, 0.5) is 4.39 Å². The minimum absolute atomic E-state index is 0.0877. The van der Waals surface area contributed by atoms with E-state index in [0.717, 1.165) is 25.1 Å². The zero-order valence-electron chi connectivity index (χ0n) is 12.3. The Balaban J connectivity index is 1.74. The standard InChI is InChI=1S/C16H22FN3O/c1-11-3-2-8-20(10-11)16(21)14-9-18-19-15(14)12-4-6-13(17)7-5-12/h4-7,11,14-15,18-19H,2-3,8-10H2,1H3. The Kier molecular flexibility index (Phi) is 4.22. The summed E-state index contributed by atoms with van der Waals surface area (Å²) in [4.78, 5) is 14.8. The maximum atomic E-state index is 13.1. The van der Waals surface area contributed by atoms with E-state index in [1.54, 1.807) is 12.1 Å². The van der Waals surface area contributed by atoms with Gasteiger partial charge in [-0.25, -0.2) is 9.82 Å². The summed E-state index contributed by atoms with van der Waals surface area (Å²) in [6.45, 7) is 4.52. The predicted molar refractivity (Wildman–Crippen MR) is 78.7 cm³/mol. The molecule has 2 heterocycles. The minimum Gasteiger partial charge on any atom is -0.342 e. The van der Waals surface area contributed by atoms with Gasteiger partial charge >= 0.3 is 0 Å². The zero-order valence-corrected chi connectivity index (χ0v) is 12.3. The van der Waals surface area contributed by atoms with Gasteiger partial charge in [0.05, 0.1) is 12.0 Å². The molecule has 4 nitrogen and oxygen atoms in total. The number of hydrogen-bond donors (Lipinski definition) is 2. The zero-order chi connectivity index (χ0) is 14.8. The lowest BCUT2D eigenvalue weighted by Gasteiger charge is -2.33. The molecule has 1 aromatic rings. The van der Waals surface area contributed by atoms with Gasteiger partial charge in [0.15, 0.2) is 0 Å². The van der Waals surface area contributed by atoms with Gasteiger partial charge in [-0.2, -0.15) is 0 Å². The molecular weight excluding hydrogens is 269 g/mol. The second kappa shape index (κ2) is 6.12. The smallest absolute Gasteiger partial charge is 0.229 e. The lowest BCUT2D eigenvalue weighted by atomic mass is 9.92. The molecule has 5 heteroatoms. The van der Waals surface area contributed by atoms with Crippen LogP contribution in [0.5, 0.6) is 0 Å². The number of carbonyl (C=O) groups is 1. The highest BCUT2D eigenvalue weighted by Gasteiger charge is 2.37. The fourth-order valence-corrected chi connectivity index (χ4v) is 3.34. The Hall–Kier alpha value is -1.46. The molecule has 0 radical (unpaired) electrons. The molecule has 2 aliphatic heterocycles. The van der Waals surface area contributed by atoms with Crippen LogP contribution in [0.25, 0.3) is 0 Å². The first-order chi connectivity index (χ1) is 10.1. The summed E-state index contributed by atoms with van der Waals surface area (Å²) in [5.74, 6) is 0.404. The van der Waals surface area contributed by atoms with Crippen molar-refractivity contribution in [3.8, 4) is 0 Å². The molecule has 21 heavy (non-hydrogen) atoms. The van der Waals surface area contributed by atoms with Crippen molar-refractivity contribution < 1.29 is 9.18 Å². The van der Waals surface area contributed by atoms with Crippen molar-refractivity contribution in [3.63, 3.8) is 0 Å². The van der Waals surface area contributed by atoms with Crippen LogP contribution in [0, 0.1) is 17.7 Å². The second-order valence-electron chi connectivity index (χ2n) is 6.19. The summed E-state index contributed by atoms with van der Waals surface area (Å²) in [6.07, 6.45) is 2.29. The molecule has 0 spiro atoms. The van der Waals surface area contributed by atoms with E-state index < -0.39 is 0 Å². The molecule has 3 unspecified atom stereocenters. The SMILES string of the molecule is CC1CCCN(C(=O)C2CNNC2c2ccc(F)cc2)C1. The summed E-state index contributed by atoms with van der Waals surface area (Å²) in [6, 6.07) is 6.30. The van der Waals surface area contributed by atoms with E-state index in [2.05, 4.69) is 17.8 Å². The number of hydrogen-bond acceptors (Lipinski definition) is 3. The van der Waals surface area contributed by atoms with Crippen molar-refractivity contribution in [1.82, 2.24) is 15.8 Å². The van der Waals surface area contributed by atoms with Gasteiger partial charge in [0.1, 0.15) is 5.82 Å². The molecule has 2 aliphatic rings. The van der Waals surface area contributed by atoms with Crippen LogP contribution in [0.3, 0.4) is 0 Å². The third-order valence-electron chi connectivity index (χ3n) is 4.50.